The van der Waals surface area contributed by atoms with Crippen LogP contribution in [0, 0.1) is 5.92 Å². The third-order valence-electron chi connectivity index (χ3n) is 3.57. The molecule has 98 valence electrons. The SMILES string of the molecule is CC(CCCC(C)N1CCCCC1=O)C(=O)O. The lowest BCUT2D eigenvalue weighted by atomic mass is 10.00. The van der Waals surface area contributed by atoms with E-state index >= 15 is 0 Å². The van der Waals surface area contributed by atoms with Crippen molar-refractivity contribution in [3.8, 4) is 0 Å². The smallest absolute Gasteiger partial charge is 0.306 e. The first-order chi connectivity index (χ1) is 8.02. The molecule has 0 aliphatic carbocycles. The zero-order chi connectivity index (χ0) is 12.8. The van der Waals surface area contributed by atoms with E-state index < -0.39 is 5.97 Å². The highest BCUT2D eigenvalue weighted by atomic mass is 16.4. The number of nitrogens with zero attached hydrogens (tertiary/aromatic N) is 1. The Balaban J connectivity index is 2.26. The van der Waals surface area contributed by atoms with Crippen molar-refractivity contribution in [1.82, 2.24) is 4.90 Å². The minimum absolute atomic E-state index is 0.254. The van der Waals surface area contributed by atoms with Crippen LogP contribution in [0.15, 0.2) is 0 Å². The van der Waals surface area contributed by atoms with E-state index in [4.69, 9.17) is 5.11 Å². The van der Waals surface area contributed by atoms with Crippen molar-refractivity contribution in [2.75, 3.05) is 6.54 Å². The van der Waals surface area contributed by atoms with E-state index in [0.717, 1.165) is 32.2 Å². The van der Waals surface area contributed by atoms with Crippen molar-refractivity contribution in [2.24, 2.45) is 5.92 Å². The molecule has 0 aromatic rings. The number of hydrogen-bond donors (Lipinski definition) is 1. The van der Waals surface area contributed by atoms with Crippen LogP contribution < -0.4 is 0 Å². The molecule has 4 nitrogen and oxygen atoms in total. The molecule has 0 saturated carbocycles. The number of likely N-dealkylation sites (tertiary alicyclic amines) is 1. The second kappa shape index (κ2) is 6.62. The number of piperidine rings is 1. The van der Waals surface area contributed by atoms with Gasteiger partial charge in [-0.15, -0.1) is 0 Å². The molecule has 1 saturated heterocycles. The quantitative estimate of drug-likeness (QED) is 0.776. The molecule has 2 unspecified atom stereocenters. The minimum Gasteiger partial charge on any atom is -0.481 e. The highest BCUT2D eigenvalue weighted by Crippen LogP contribution is 2.18. The first kappa shape index (κ1) is 14.0. The Labute approximate surface area is 103 Å². The maximum Gasteiger partial charge on any atom is 0.306 e. The molecule has 0 bridgehead atoms. The third kappa shape index (κ3) is 4.36. The van der Waals surface area contributed by atoms with Gasteiger partial charge in [0.1, 0.15) is 0 Å². The van der Waals surface area contributed by atoms with Crippen molar-refractivity contribution in [2.45, 2.75) is 58.4 Å². The predicted octanol–water partition coefficient (Wildman–Crippen LogP) is 2.28. The summed E-state index contributed by atoms with van der Waals surface area (Å²) in [6.07, 6.45) is 5.26. The van der Waals surface area contributed by atoms with Crippen molar-refractivity contribution in [3.05, 3.63) is 0 Å². The van der Waals surface area contributed by atoms with Gasteiger partial charge in [-0.25, -0.2) is 0 Å². The molecule has 1 rings (SSSR count). The van der Waals surface area contributed by atoms with Gasteiger partial charge in [0.25, 0.3) is 0 Å². The number of aliphatic carboxylic acids is 1. The summed E-state index contributed by atoms with van der Waals surface area (Å²) in [6, 6.07) is 0.254. The van der Waals surface area contributed by atoms with Gasteiger partial charge >= 0.3 is 5.97 Å². The predicted molar refractivity (Wildman–Crippen MR) is 65.7 cm³/mol. The summed E-state index contributed by atoms with van der Waals surface area (Å²) in [6.45, 7) is 4.67. The number of carboxylic acid groups (broad SMARTS) is 1. The monoisotopic (exact) mass is 241 g/mol. The molecule has 17 heavy (non-hydrogen) atoms. The van der Waals surface area contributed by atoms with Crippen LogP contribution in [-0.2, 0) is 9.59 Å². The van der Waals surface area contributed by atoms with E-state index in [1.54, 1.807) is 6.92 Å². The van der Waals surface area contributed by atoms with Crippen molar-refractivity contribution >= 4 is 11.9 Å². The first-order valence-electron chi connectivity index (χ1n) is 6.54. The number of hydrogen-bond acceptors (Lipinski definition) is 2. The lowest BCUT2D eigenvalue weighted by molar-refractivity contribution is -0.141. The van der Waals surface area contributed by atoms with Crippen LogP contribution in [0.3, 0.4) is 0 Å². The van der Waals surface area contributed by atoms with Crippen LogP contribution in [0.25, 0.3) is 0 Å². The number of carboxylic acids is 1. The Bertz CT molecular complexity index is 278. The van der Waals surface area contributed by atoms with Gasteiger partial charge in [-0.2, -0.15) is 0 Å². The molecular formula is C13H23NO3. The highest BCUT2D eigenvalue weighted by molar-refractivity contribution is 5.77. The molecule has 0 aromatic heterocycles. The fourth-order valence-electron chi connectivity index (χ4n) is 2.29. The van der Waals surface area contributed by atoms with Crippen LogP contribution in [0.2, 0.25) is 0 Å². The molecule has 1 amide bonds. The highest BCUT2D eigenvalue weighted by Gasteiger charge is 2.22. The largest absolute Gasteiger partial charge is 0.481 e. The molecule has 0 spiro atoms. The van der Waals surface area contributed by atoms with E-state index in [9.17, 15) is 9.59 Å². The average Bonchev–Trinajstić information content (AvgIpc) is 2.29. The van der Waals surface area contributed by atoms with Crippen LogP contribution in [0.4, 0.5) is 0 Å². The number of carbonyl (C=O) groups excluding carboxylic acids is 1. The summed E-state index contributed by atoms with van der Waals surface area (Å²) in [5, 5.41) is 8.77. The zero-order valence-electron chi connectivity index (χ0n) is 10.8. The van der Waals surface area contributed by atoms with Gasteiger partial charge in [0.15, 0.2) is 0 Å². The van der Waals surface area contributed by atoms with E-state index in [-0.39, 0.29) is 17.9 Å². The molecule has 0 radical (unpaired) electrons. The van der Waals surface area contributed by atoms with Gasteiger partial charge in [-0.3, -0.25) is 9.59 Å². The van der Waals surface area contributed by atoms with E-state index in [1.807, 2.05) is 4.90 Å². The molecule has 0 aromatic carbocycles. The van der Waals surface area contributed by atoms with Crippen LogP contribution in [0.1, 0.15) is 52.4 Å². The molecule has 4 heteroatoms. The van der Waals surface area contributed by atoms with Gasteiger partial charge in [0, 0.05) is 19.0 Å². The number of amides is 1. The van der Waals surface area contributed by atoms with E-state index in [2.05, 4.69) is 6.92 Å². The lowest BCUT2D eigenvalue weighted by Gasteiger charge is -2.32. The van der Waals surface area contributed by atoms with Crippen molar-refractivity contribution in [3.63, 3.8) is 0 Å². The molecule has 2 atom stereocenters. The average molecular weight is 241 g/mol. The summed E-state index contributed by atoms with van der Waals surface area (Å²) in [7, 11) is 0. The zero-order valence-corrected chi connectivity index (χ0v) is 10.8. The molecule has 1 aliphatic rings. The topological polar surface area (TPSA) is 57.6 Å². The maximum absolute atomic E-state index is 11.7. The van der Waals surface area contributed by atoms with Gasteiger partial charge in [0.05, 0.1) is 5.92 Å². The molecule has 1 N–H and O–H groups in total. The molecular weight excluding hydrogens is 218 g/mol. The Morgan fingerprint density at radius 1 is 1.35 bits per heavy atom. The lowest BCUT2D eigenvalue weighted by Crippen LogP contribution is -2.41. The number of carbonyl (C=O) groups is 2. The van der Waals surface area contributed by atoms with Crippen LogP contribution >= 0.6 is 0 Å². The van der Waals surface area contributed by atoms with Crippen LogP contribution in [0.5, 0.6) is 0 Å². The Morgan fingerprint density at radius 3 is 2.65 bits per heavy atom. The fourth-order valence-corrected chi connectivity index (χ4v) is 2.29. The maximum atomic E-state index is 11.7. The molecule has 1 fully saturated rings. The summed E-state index contributed by atoms with van der Waals surface area (Å²) < 4.78 is 0. The van der Waals surface area contributed by atoms with Crippen LogP contribution in [-0.4, -0.2) is 34.5 Å². The van der Waals surface area contributed by atoms with Gasteiger partial charge in [-0.1, -0.05) is 13.3 Å². The Morgan fingerprint density at radius 2 is 2.06 bits per heavy atom. The minimum atomic E-state index is -0.730. The molecule has 1 aliphatic heterocycles. The fraction of sp³-hybridized carbons (Fsp3) is 0.846. The second-order valence-corrected chi connectivity index (χ2v) is 5.06. The van der Waals surface area contributed by atoms with E-state index in [1.165, 1.54) is 0 Å². The number of rotatable bonds is 6. The normalized spacial score (nSPS) is 20.1. The summed E-state index contributed by atoms with van der Waals surface area (Å²) in [4.78, 5) is 24.3. The van der Waals surface area contributed by atoms with E-state index in [0.29, 0.717) is 12.8 Å². The van der Waals surface area contributed by atoms with Crippen molar-refractivity contribution < 1.29 is 14.7 Å². The van der Waals surface area contributed by atoms with Gasteiger partial charge in [-0.05, 0) is 32.6 Å². The molecule has 1 heterocycles. The summed E-state index contributed by atoms with van der Waals surface area (Å²) in [5.74, 6) is -0.749. The third-order valence-corrected chi connectivity index (χ3v) is 3.57. The summed E-state index contributed by atoms with van der Waals surface area (Å²) >= 11 is 0. The standard InChI is InChI=1S/C13H23NO3/c1-10(13(16)17)6-5-7-11(2)14-9-4-3-8-12(14)15/h10-11H,3-9H2,1-2H3,(H,16,17). The first-order valence-corrected chi connectivity index (χ1v) is 6.54. The van der Waals surface area contributed by atoms with Gasteiger partial charge < -0.3 is 10.0 Å². The second-order valence-electron chi connectivity index (χ2n) is 5.06. The summed E-state index contributed by atoms with van der Waals surface area (Å²) in [5.41, 5.74) is 0. The Hall–Kier alpha value is -1.06. The van der Waals surface area contributed by atoms with Crippen molar-refractivity contribution in [1.29, 1.82) is 0 Å². The Kier molecular flexibility index (Phi) is 5.45. The van der Waals surface area contributed by atoms with Gasteiger partial charge in [0.2, 0.25) is 5.91 Å².